The number of β-lactam (4-membered cyclic amide) rings is 1. The second-order valence-electron chi connectivity index (χ2n) is 5.25. The first kappa shape index (κ1) is 13.8. The molecular weight excluding hydrogens is 267 g/mol. The Balaban J connectivity index is 1.94. The minimum Gasteiger partial charge on any atom is -0.318 e. The van der Waals surface area contributed by atoms with Crippen LogP contribution in [0.3, 0.4) is 0 Å². The average Bonchev–Trinajstić information content (AvgIpc) is 2.51. The van der Waals surface area contributed by atoms with Crippen molar-refractivity contribution in [3.8, 4) is 0 Å². The molecule has 0 radical (unpaired) electrons. The molecule has 1 aliphatic heterocycles. The van der Waals surface area contributed by atoms with E-state index in [1.807, 2.05) is 24.3 Å². The molecule has 1 aliphatic rings. The van der Waals surface area contributed by atoms with E-state index in [-0.39, 0.29) is 17.8 Å². The number of aryl methyl sites for hydroxylation is 1. The summed E-state index contributed by atoms with van der Waals surface area (Å²) in [7, 11) is 0. The van der Waals surface area contributed by atoms with Crippen molar-refractivity contribution in [1.29, 1.82) is 0 Å². The first-order valence-corrected chi connectivity index (χ1v) is 7.05. The molecule has 0 aliphatic carbocycles. The lowest BCUT2D eigenvalue weighted by Crippen LogP contribution is -2.63. The van der Waals surface area contributed by atoms with Crippen molar-refractivity contribution in [3.05, 3.63) is 65.5 Å². The van der Waals surface area contributed by atoms with Gasteiger partial charge in [-0.1, -0.05) is 37.3 Å². The van der Waals surface area contributed by atoms with E-state index in [9.17, 15) is 9.18 Å². The summed E-state index contributed by atoms with van der Waals surface area (Å²) in [5, 5.41) is 0. The van der Waals surface area contributed by atoms with E-state index < -0.39 is 6.04 Å². The summed E-state index contributed by atoms with van der Waals surface area (Å²) < 4.78 is 13.4. The van der Waals surface area contributed by atoms with Gasteiger partial charge in [-0.3, -0.25) is 4.79 Å². The third-order valence-electron chi connectivity index (χ3n) is 3.96. The molecule has 1 fully saturated rings. The van der Waals surface area contributed by atoms with Crippen LogP contribution in [0, 0.1) is 5.82 Å². The number of carbonyl (C=O) groups excluding carboxylic acids is 1. The van der Waals surface area contributed by atoms with Crippen LogP contribution in [0.2, 0.25) is 0 Å². The summed E-state index contributed by atoms with van der Waals surface area (Å²) in [6.45, 7) is 2.09. The molecule has 2 N–H and O–H groups in total. The molecule has 1 heterocycles. The molecule has 3 nitrogen and oxygen atoms in total. The molecule has 21 heavy (non-hydrogen) atoms. The molecule has 0 spiro atoms. The van der Waals surface area contributed by atoms with Crippen LogP contribution in [0.4, 0.5) is 10.1 Å². The van der Waals surface area contributed by atoms with Gasteiger partial charge in [0, 0.05) is 5.69 Å². The summed E-state index contributed by atoms with van der Waals surface area (Å²) in [6.07, 6.45) is 0.962. The lowest BCUT2D eigenvalue weighted by Gasteiger charge is -2.45. The van der Waals surface area contributed by atoms with Gasteiger partial charge in [0.1, 0.15) is 11.9 Å². The number of halogens is 1. The predicted molar refractivity (Wildman–Crippen MR) is 80.4 cm³/mol. The molecule has 2 aromatic rings. The van der Waals surface area contributed by atoms with Crippen molar-refractivity contribution in [2.45, 2.75) is 25.4 Å². The highest BCUT2D eigenvalue weighted by molar-refractivity contribution is 6.05. The Bertz CT molecular complexity index is 669. The van der Waals surface area contributed by atoms with Gasteiger partial charge in [-0.05, 0) is 35.7 Å². The normalized spacial score (nSPS) is 21.3. The number of nitrogens with zero attached hydrogens (tertiary/aromatic N) is 1. The van der Waals surface area contributed by atoms with Gasteiger partial charge < -0.3 is 10.6 Å². The minimum atomic E-state index is -0.569. The topological polar surface area (TPSA) is 46.3 Å². The molecule has 1 saturated heterocycles. The smallest absolute Gasteiger partial charge is 0.247 e. The van der Waals surface area contributed by atoms with E-state index in [0.717, 1.165) is 12.0 Å². The number of benzene rings is 2. The largest absolute Gasteiger partial charge is 0.318 e. The molecule has 3 rings (SSSR count). The summed E-state index contributed by atoms with van der Waals surface area (Å²) in [5.74, 6) is -0.536. The van der Waals surface area contributed by atoms with Gasteiger partial charge in [-0.2, -0.15) is 0 Å². The molecule has 108 valence electrons. The number of carbonyl (C=O) groups is 1. The van der Waals surface area contributed by atoms with Crippen LogP contribution >= 0.6 is 0 Å². The fraction of sp³-hybridized carbons (Fsp3) is 0.235. The van der Waals surface area contributed by atoms with E-state index in [4.69, 9.17) is 5.73 Å². The maximum Gasteiger partial charge on any atom is 0.247 e. The van der Waals surface area contributed by atoms with E-state index in [1.165, 1.54) is 17.7 Å². The van der Waals surface area contributed by atoms with Gasteiger partial charge in [0.2, 0.25) is 5.91 Å². The zero-order chi connectivity index (χ0) is 15.0. The standard InChI is InChI=1S/C17H17FN2O/c1-2-11-6-8-12(9-7-11)16-15(19)17(21)20(16)14-5-3-4-13(18)10-14/h3-10,15-16H,2,19H2,1H3/t15-,16+/m1/s1. The number of hydrogen-bond donors (Lipinski definition) is 1. The Morgan fingerprint density at radius 2 is 1.90 bits per heavy atom. The van der Waals surface area contributed by atoms with Crippen molar-refractivity contribution < 1.29 is 9.18 Å². The molecule has 4 heteroatoms. The fourth-order valence-electron chi connectivity index (χ4n) is 2.73. The monoisotopic (exact) mass is 284 g/mol. The van der Waals surface area contributed by atoms with Crippen molar-refractivity contribution in [2.24, 2.45) is 5.73 Å². The summed E-state index contributed by atoms with van der Waals surface area (Å²) in [4.78, 5) is 13.6. The van der Waals surface area contributed by atoms with E-state index in [0.29, 0.717) is 5.69 Å². The molecule has 0 bridgehead atoms. The Morgan fingerprint density at radius 3 is 2.52 bits per heavy atom. The maximum atomic E-state index is 13.4. The second kappa shape index (κ2) is 5.30. The molecule has 0 aromatic heterocycles. The van der Waals surface area contributed by atoms with Crippen molar-refractivity contribution in [3.63, 3.8) is 0 Å². The van der Waals surface area contributed by atoms with Crippen LogP contribution in [0.25, 0.3) is 0 Å². The predicted octanol–water partition coefficient (Wildman–Crippen LogP) is 2.80. The Kier molecular flexibility index (Phi) is 3.47. The summed E-state index contributed by atoms with van der Waals surface area (Å²) in [5.41, 5.74) is 8.70. The van der Waals surface area contributed by atoms with Gasteiger partial charge in [-0.15, -0.1) is 0 Å². The molecule has 2 atom stereocenters. The van der Waals surface area contributed by atoms with Gasteiger partial charge in [0.05, 0.1) is 6.04 Å². The number of rotatable bonds is 3. The van der Waals surface area contributed by atoms with Crippen molar-refractivity contribution in [1.82, 2.24) is 0 Å². The van der Waals surface area contributed by atoms with Crippen molar-refractivity contribution in [2.75, 3.05) is 4.90 Å². The molecule has 0 saturated carbocycles. The van der Waals surface area contributed by atoms with E-state index >= 15 is 0 Å². The average molecular weight is 284 g/mol. The third kappa shape index (κ3) is 2.32. The first-order valence-electron chi connectivity index (χ1n) is 7.05. The number of hydrogen-bond acceptors (Lipinski definition) is 2. The highest BCUT2D eigenvalue weighted by Gasteiger charge is 2.46. The van der Waals surface area contributed by atoms with Crippen LogP contribution < -0.4 is 10.6 Å². The van der Waals surface area contributed by atoms with Crippen LogP contribution in [0.1, 0.15) is 24.1 Å². The SMILES string of the molecule is CCc1ccc([C@H]2[C@@H](N)C(=O)N2c2cccc(F)c2)cc1. The van der Waals surface area contributed by atoms with Crippen molar-refractivity contribution >= 4 is 11.6 Å². The zero-order valence-corrected chi connectivity index (χ0v) is 11.8. The lowest BCUT2D eigenvalue weighted by atomic mass is 9.88. The van der Waals surface area contributed by atoms with Gasteiger partial charge in [0.25, 0.3) is 0 Å². The quantitative estimate of drug-likeness (QED) is 0.881. The van der Waals surface area contributed by atoms with Gasteiger partial charge >= 0.3 is 0 Å². The number of anilines is 1. The van der Waals surface area contributed by atoms with E-state index in [2.05, 4.69) is 6.92 Å². The second-order valence-corrected chi connectivity index (χ2v) is 5.25. The molecule has 2 aromatic carbocycles. The van der Waals surface area contributed by atoms with E-state index in [1.54, 1.807) is 17.0 Å². The molecule has 0 unspecified atom stereocenters. The van der Waals surface area contributed by atoms with Crippen LogP contribution in [0.15, 0.2) is 48.5 Å². The summed E-state index contributed by atoms with van der Waals surface area (Å²) >= 11 is 0. The summed E-state index contributed by atoms with van der Waals surface area (Å²) in [6, 6.07) is 13.3. The van der Waals surface area contributed by atoms with Gasteiger partial charge in [-0.25, -0.2) is 4.39 Å². The minimum absolute atomic E-state index is 0.176. The Morgan fingerprint density at radius 1 is 1.19 bits per heavy atom. The molecule has 1 amide bonds. The zero-order valence-electron chi connectivity index (χ0n) is 11.8. The molecular formula is C17H17FN2O. The van der Waals surface area contributed by atoms with Crippen LogP contribution in [0.5, 0.6) is 0 Å². The number of nitrogens with two attached hydrogens (primary N) is 1. The maximum absolute atomic E-state index is 13.4. The Hall–Kier alpha value is -2.20. The highest BCUT2D eigenvalue weighted by atomic mass is 19.1. The first-order chi connectivity index (χ1) is 10.1. The van der Waals surface area contributed by atoms with Crippen LogP contribution in [-0.2, 0) is 11.2 Å². The lowest BCUT2D eigenvalue weighted by molar-refractivity contribution is -0.126. The third-order valence-corrected chi connectivity index (χ3v) is 3.96. The highest BCUT2D eigenvalue weighted by Crippen LogP contribution is 2.38. The Labute approximate surface area is 123 Å². The van der Waals surface area contributed by atoms with Gasteiger partial charge in [0.15, 0.2) is 0 Å². The number of amides is 1. The fourth-order valence-corrected chi connectivity index (χ4v) is 2.73. The van der Waals surface area contributed by atoms with Crippen LogP contribution in [-0.4, -0.2) is 11.9 Å².